The van der Waals surface area contributed by atoms with Crippen molar-refractivity contribution in [2.75, 3.05) is 43.1 Å². The number of anilines is 4. The molecule has 0 radical (unpaired) electrons. The number of ether oxygens (including phenoxy) is 1. The zero-order valence-corrected chi connectivity index (χ0v) is 20.7. The fraction of sp³-hybridized carbons (Fsp3) is 0.160. The van der Waals surface area contributed by atoms with Gasteiger partial charge in [-0.1, -0.05) is 18.2 Å². The molecule has 3 N–H and O–H groups in total. The number of para-hydroxylation sites is 2. The van der Waals surface area contributed by atoms with E-state index in [0.717, 1.165) is 0 Å². The van der Waals surface area contributed by atoms with Gasteiger partial charge in [-0.2, -0.15) is 0 Å². The Morgan fingerprint density at radius 3 is 2.39 bits per heavy atom. The van der Waals surface area contributed by atoms with E-state index in [-0.39, 0.29) is 24.1 Å². The van der Waals surface area contributed by atoms with Gasteiger partial charge in [-0.15, -0.1) is 0 Å². The van der Waals surface area contributed by atoms with Gasteiger partial charge in [0.2, 0.25) is 5.91 Å². The van der Waals surface area contributed by atoms with Gasteiger partial charge in [0.25, 0.3) is 0 Å². The molecule has 1 unspecified atom stereocenters. The van der Waals surface area contributed by atoms with Crippen LogP contribution in [0.3, 0.4) is 0 Å². The van der Waals surface area contributed by atoms with Gasteiger partial charge in [0.05, 0.1) is 29.6 Å². The Morgan fingerprint density at radius 1 is 0.972 bits per heavy atom. The molecule has 1 atom stereocenters. The van der Waals surface area contributed by atoms with Gasteiger partial charge in [-0.3, -0.25) is 9.52 Å². The number of amides is 1. The average molecular weight is 509 g/mol. The number of likely N-dealkylation sites (N-methyl/N-ethyl adjacent to an activating group) is 1. The molecule has 0 saturated heterocycles. The number of methoxy groups -OCH3 is 1. The quantitative estimate of drug-likeness (QED) is 0.312. The van der Waals surface area contributed by atoms with Crippen molar-refractivity contribution in [2.24, 2.45) is 0 Å². The maximum atomic E-state index is 14.0. The van der Waals surface area contributed by atoms with Crippen molar-refractivity contribution in [2.45, 2.75) is 4.90 Å². The fourth-order valence-electron chi connectivity index (χ4n) is 3.37. The molecule has 186 valence electrons. The molecule has 0 aliphatic heterocycles. The number of nitrogens with zero attached hydrogens (tertiary/aromatic N) is 3. The van der Waals surface area contributed by atoms with E-state index in [1.165, 1.54) is 19.2 Å². The maximum absolute atomic E-state index is 14.0. The largest absolute Gasteiger partial charge is 0.497 e. The van der Waals surface area contributed by atoms with E-state index in [4.69, 9.17) is 4.74 Å². The summed E-state index contributed by atoms with van der Waals surface area (Å²) in [6.07, 6.45) is 0. The van der Waals surface area contributed by atoms with E-state index < -0.39 is 16.8 Å². The van der Waals surface area contributed by atoms with Crippen LogP contribution in [0, 0.1) is 5.82 Å². The number of benzene rings is 3. The number of carbonyl (C=O) groups is 1. The Kier molecular flexibility index (Phi) is 7.71. The van der Waals surface area contributed by atoms with Crippen LogP contribution in [0.1, 0.15) is 0 Å². The van der Waals surface area contributed by atoms with Gasteiger partial charge in [0.15, 0.2) is 22.6 Å². The third kappa shape index (κ3) is 6.32. The Bertz CT molecular complexity index is 1430. The molecule has 1 aromatic heterocycles. The Morgan fingerprint density at radius 2 is 1.69 bits per heavy atom. The van der Waals surface area contributed by atoms with Crippen LogP contribution in [0.2, 0.25) is 0 Å². The van der Waals surface area contributed by atoms with Gasteiger partial charge >= 0.3 is 0 Å². The first kappa shape index (κ1) is 25.0. The first-order chi connectivity index (χ1) is 17.3. The molecule has 1 amide bonds. The molecule has 36 heavy (non-hydrogen) atoms. The zero-order valence-electron chi connectivity index (χ0n) is 19.9. The molecule has 3 aromatic carbocycles. The van der Waals surface area contributed by atoms with Crippen molar-refractivity contribution >= 4 is 50.9 Å². The fourth-order valence-corrected chi connectivity index (χ4v) is 4.24. The van der Waals surface area contributed by atoms with Gasteiger partial charge in [0.1, 0.15) is 11.6 Å². The lowest BCUT2D eigenvalue weighted by Crippen LogP contribution is -2.27. The van der Waals surface area contributed by atoms with E-state index in [1.54, 1.807) is 61.5 Å². The number of hydrogen-bond acceptors (Lipinski definition) is 7. The molecular weight excluding hydrogens is 483 g/mol. The van der Waals surface area contributed by atoms with Crippen LogP contribution in [0.5, 0.6) is 5.75 Å². The van der Waals surface area contributed by atoms with Gasteiger partial charge < -0.3 is 20.3 Å². The molecule has 11 heteroatoms. The van der Waals surface area contributed by atoms with Crippen molar-refractivity contribution in [3.8, 4) is 5.75 Å². The predicted molar refractivity (Wildman–Crippen MR) is 139 cm³/mol. The molecule has 4 aromatic rings. The first-order valence-electron chi connectivity index (χ1n) is 10.9. The van der Waals surface area contributed by atoms with E-state index >= 15 is 0 Å². The number of aromatic nitrogens is 2. The van der Waals surface area contributed by atoms with Crippen LogP contribution < -0.4 is 20.1 Å². The van der Waals surface area contributed by atoms with Crippen molar-refractivity contribution < 1.29 is 18.1 Å². The first-order valence-corrected chi connectivity index (χ1v) is 12.1. The van der Waals surface area contributed by atoms with Crippen LogP contribution >= 0.6 is 0 Å². The lowest BCUT2D eigenvalue weighted by molar-refractivity contribution is -0.116. The minimum atomic E-state index is -1.74. The topological polar surface area (TPSA) is 108 Å². The van der Waals surface area contributed by atoms with Crippen LogP contribution in [0.4, 0.5) is 27.4 Å². The van der Waals surface area contributed by atoms with Crippen LogP contribution in [-0.2, 0) is 15.8 Å². The summed E-state index contributed by atoms with van der Waals surface area (Å²) in [6, 6.07) is 18.1. The summed E-state index contributed by atoms with van der Waals surface area (Å²) in [7, 11) is 3.29. The van der Waals surface area contributed by atoms with Gasteiger partial charge in [0, 0.05) is 23.5 Å². The van der Waals surface area contributed by atoms with Crippen molar-refractivity contribution in [1.82, 2.24) is 14.9 Å². The standard InChI is InChI=1S/C25H25FN6O3S/c1-32(2)15-23(33)27-17-7-6-8-20(14-17)36(34)31-25-24(29-21-9-4-5-10-22(21)30-25)28-18-11-16(26)12-19(13-18)35-3/h4-14H,15H2,1-3H3,(H,27,33)(H,28,29)(H,30,31). The molecule has 1 heterocycles. The SMILES string of the molecule is COc1cc(F)cc(Nc2nc3ccccc3nc2NS(=O)c2cccc(NC(=O)CN(C)C)c2)c1. The summed E-state index contributed by atoms with van der Waals surface area (Å²) in [5.74, 6) is 0.116. The predicted octanol–water partition coefficient (Wildman–Crippen LogP) is 4.16. The highest BCUT2D eigenvalue weighted by Gasteiger charge is 2.15. The second-order valence-electron chi connectivity index (χ2n) is 8.10. The Hall–Kier alpha value is -4.09. The molecule has 4 rings (SSSR count). The summed E-state index contributed by atoms with van der Waals surface area (Å²) in [6.45, 7) is 0.220. The van der Waals surface area contributed by atoms with E-state index in [9.17, 15) is 13.4 Å². The highest BCUT2D eigenvalue weighted by Crippen LogP contribution is 2.29. The number of rotatable bonds is 9. The van der Waals surface area contributed by atoms with Crippen LogP contribution in [0.25, 0.3) is 11.0 Å². The highest BCUT2D eigenvalue weighted by molar-refractivity contribution is 7.86. The molecule has 0 fully saturated rings. The normalized spacial score (nSPS) is 11.8. The summed E-state index contributed by atoms with van der Waals surface area (Å²) in [5, 5.41) is 5.83. The van der Waals surface area contributed by atoms with Crippen molar-refractivity contribution in [3.05, 3.63) is 72.5 Å². The van der Waals surface area contributed by atoms with Crippen molar-refractivity contribution in [3.63, 3.8) is 0 Å². The molecular formula is C25H25FN6O3S. The summed E-state index contributed by atoms with van der Waals surface area (Å²) in [5.41, 5.74) is 2.09. The minimum absolute atomic E-state index is 0.187. The average Bonchev–Trinajstić information content (AvgIpc) is 2.83. The van der Waals surface area contributed by atoms with E-state index in [1.807, 2.05) is 12.1 Å². The van der Waals surface area contributed by atoms with Crippen molar-refractivity contribution in [1.29, 1.82) is 0 Å². The van der Waals surface area contributed by atoms with Gasteiger partial charge in [-0.25, -0.2) is 18.6 Å². The molecule has 0 saturated carbocycles. The summed E-state index contributed by atoms with van der Waals surface area (Å²) in [4.78, 5) is 23.4. The molecule has 0 aliphatic rings. The van der Waals surface area contributed by atoms with Gasteiger partial charge in [-0.05, 0) is 50.5 Å². The second kappa shape index (κ2) is 11.1. The summed E-state index contributed by atoms with van der Waals surface area (Å²) >= 11 is 0. The third-order valence-electron chi connectivity index (χ3n) is 4.92. The number of halogens is 1. The third-order valence-corrected chi connectivity index (χ3v) is 5.98. The number of carbonyl (C=O) groups excluding carboxylic acids is 1. The monoisotopic (exact) mass is 508 g/mol. The van der Waals surface area contributed by atoms with Crippen LogP contribution in [0.15, 0.2) is 71.6 Å². The molecule has 9 nitrogen and oxygen atoms in total. The molecule has 0 spiro atoms. The zero-order chi connectivity index (χ0) is 25.7. The maximum Gasteiger partial charge on any atom is 0.238 e. The number of nitrogens with one attached hydrogen (secondary N) is 3. The Balaban J connectivity index is 1.63. The van der Waals surface area contributed by atoms with E-state index in [0.29, 0.717) is 33.1 Å². The number of fused-ring (bicyclic) bond motifs is 1. The Labute approximate surface area is 210 Å². The minimum Gasteiger partial charge on any atom is -0.497 e. The lowest BCUT2D eigenvalue weighted by atomic mass is 10.2. The lowest BCUT2D eigenvalue weighted by Gasteiger charge is -2.14. The van der Waals surface area contributed by atoms with Crippen LogP contribution in [-0.4, -0.2) is 52.7 Å². The molecule has 0 bridgehead atoms. The van der Waals surface area contributed by atoms with E-state index in [2.05, 4.69) is 25.3 Å². The molecule has 0 aliphatic carbocycles. The summed E-state index contributed by atoms with van der Waals surface area (Å²) < 4.78 is 35.3. The second-order valence-corrected chi connectivity index (χ2v) is 9.31. The number of hydrogen-bond donors (Lipinski definition) is 3. The smallest absolute Gasteiger partial charge is 0.238 e. The highest BCUT2D eigenvalue weighted by atomic mass is 32.2.